The number of carbonyl (C=O) groups is 1. The van der Waals surface area contributed by atoms with Crippen LogP contribution in [-0.4, -0.2) is 19.0 Å². The van der Waals surface area contributed by atoms with Gasteiger partial charge in [-0.1, -0.05) is 24.3 Å². The van der Waals surface area contributed by atoms with Crippen LogP contribution in [0.25, 0.3) is 0 Å². The zero-order valence-corrected chi connectivity index (χ0v) is 9.50. The topological polar surface area (TPSA) is 41.1 Å². The number of nitrogens with one attached hydrogen (secondary N) is 2. The molecule has 0 bridgehead atoms. The first-order valence-electron chi connectivity index (χ1n) is 5.14. The van der Waals surface area contributed by atoms with Crippen LogP contribution in [0.15, 0.2) is 24.3 Å². The van der Waals surface area contributed by atoms with Gasteiger partial charge in [-0.05, 0) is 25.0 Å². The lowest BCUT2D eigenvalue weighted by Crippen LogP contribution is -2.40. The van der Waals surface area contributed by atoms with E-state index in [1.54, 1.807) is 7.05 Å². The minimum absolute atomic E-state index is 0.0172. The van der Waals surface area contributed by atoms with E-state index in [0.29, 0.717) is 0 Å². The van der Waals surface area contributed by atoms with E-state index in [2.05, 4.69) is 29.7 Å². The smallest absolute Gasteiger partial charge is 0.236 e. The van der Waals surface area contributed by atoms with E-state index >= 15 is 0 Å². The molecule has 0 aliphatic rings. The van der Waals surface area contributed by atoms with Gasteiger partial charge in [-0.2, -0.15) is 0 Å². The van der Waals surface area contributed by atoms with E-state index in [-0.39, 0.29) is 11.9 Å². The van der Waals surface area contributed by atoms with Crippen LogP contribution in [0.1, 0.15) is 18.1 Å². The van der Waals surface area contributed by atoms with Crippen LogP contribution in [0.2, 0.25) is 0 Å². The number of carbonyl (C=O) groups excluding carboxylic acids is 1. The molecular weight excluding hydrogens is 188 g/mol. The molecule has 0 saturated carbocycles. The molecule has 0 radical (unpaired) electrons. The number of aryl methyl sites for hydroxylation is 1. The van der Waals surface area contributed by atoms with Crippen molar-refractivity contribution in [3.63, 3.8) is 0 Å². The molecule has 15 heavy (non-hydrogen) atoms. The zero-order chi connectivity index (χ0) is 11.3. The van der Waals surface area contributed by atoms with Gasteiger partial charge in [0.2, 0.25) is 5.91 Å². The third-order valence-electron chi connectivity index (χ3n) is 2.50. The lowest BCUT2D eigenvalue weighted by Gasteiger charge is -2.13. The molecule has 0 heterocycles. The lowest BCUT2D eigenvalue weighted by atomic mass is 10.1. The standard InChI is InChI=1S/C12H18N2O/c1-9-6-4-5-7-11(9)8-14-10(2)12(15)13-3/h4-7,10,14H,8H2,1-3H3,(H,13,15). The lowest BCUT2D eigenvalue weighted by molar-refractivity contribution is -0.122. The number of rotatable bonds is 4. The summed E-state index contributed by atoms with van der Waals surface area (Å²) in [5.74, 6) is 0.0172. The molecule has 0 aliphatic heterocycles. The SMILES string of the molecule is CNC(=O)C(C)NCc1ccccc1C. The summed E-state index contributed by atoms with van der Waals surface area (Å²) in [7, 11) is 1.65. The Morgan fingerprint density at radius 1 is 1.40 bits per heavy atom. The molecule has 3 nitrogen and oxygen atoms in total. The minimum atomic E-state index is -0.158. The molecule has 1 amide bonds. The van der Waals surface area contributed by atoms with E-state index in [9.17, 15) is 4.79 Å². The highest BCUT2D eigenvalue weighted by Crippen LogP contribution is 2.06. The average molecular weight is 206 g/mol. The predicted molar refractivity (Wildman–Crippen MR) is 61.5 cm³/mol. The first-order valence-corrected chi connectivity index (χ1v) is 5.14. The van der Waals surface area contributed by atoms with Crippen LogP contribution in [0.4, 0.5) is 0 Å². The molecule has 0 aliphatic carbocycles. The normalized spacial score (nSPS) is 12.2. The van der Waals surface area contributed by atoms with Crippen molar-refractivity contribution in [1.29, 1.82) is 0 Å². The monoisotopic (exact) mass is 206 g/mol. The Bertz CT molecular complexity index is 336. The third-order valence-corrected chi connectivity index (χ3v) is 2.50. The predicted octanol–water partition coefficient (Wildman–Crippen LogP) is 1.22. The fraction of sp³-hybridized carbons (Fsp3) is 0.417. The van der Waals surface area contributed by atoms with Crippen molar-refractivity contribution in [1.82, 2.24) is 10.6 Å². The Kier molecular flexibility index (Phi) is 4.31. The maximum atomic E-state index is 11.2. The third kappa shape index (κ3) is 3.36. The molecule has 1 rings (SSSR count). The van der Waals surface area contributed by atoms with Crippen LogP contribution >= 0.6 is 0 Å². The van der Waals surface area contributed by atoms with Crippen molar-refractivity contribution in [2.45, 2.75) is 26.4 Å². The summed E-state index contributed by atoms with van der Waals surface area (Å²) in [6.45, 7) is 4.65. The first kappa shape index (κ1) is 11.7. The summed E-state index contributed by atoms with van der Waals surface area (Å²) in [4.78, 5) is 11.2. The Hall–Kier alpha value is -1.35. The van der Waals surface area contributed by atoms with Crippen LogP contribution < -0.4 is 10.6 Å². The van der Waals surface area contributed by atoms with Crippen molar-refractivity contribution < 1.29 is 4.79 Å². The van der Waals surface area contributed by atoms with E-state index in [1.165, 1.54) is 11.1 Å². The molecule has 0 aromatic heterocycles. The quantitative estimate of drug-likeness (QED) is 0.777. The van der Waals surface area contributed by atoms with Gasteiger partial charge in [-0.3, -0.25) is 4.79 Å². The number of hydrogen-bond donors (Lipinski definition) is 2. The first-order chi connectivity index (χ1) is 7.15. The molecule has 1 aromatic rings. The summed E-state index contributed by atoms with van der Waals surface area (Å²) < 4.78 is 0. The maximum absolute atomic E-state index is 11.2. The van der Waals surface area contributed by atoms with Crippen molar-refractivity contribution in [2.75, 3.05) is 7.05 Å². The number of hydrogen-bond acceptors (Lipinski definition) is 2. The van der Waals surface area contributed by atoms with E-state index in [4.69, 9.17) is 0 Å². The van der Waals surface area contributed by atoms with Gasteiger partial charge in [-0.15, -0.1) is 0 Å². The van der Waals surface area contributed by atoms with Gasteiger partial charge in [-0.25, -0.2) is 0 Å². The molecular formula is C12H18N2O. The molecule has 0 saturated heterocycles. The highest BCUT2D eigenvalue weighted by Gasteiger charge is 2.09. The molecule has 0 fully saturated rings. The number of amides is 1. The second-order valence-electron chi connectivity index (χ2n) is 3.64. The molecule has 82 valence electrons. The summed E-state index contributed by atoms with van der Waals surface area (Å²) in [6, 6.07) is 8.00. The second kappa shape index (κ2) is 5.51. The average Bonchev–Trinajstić information content (AvgIpc) is 2.26. The summed E-state index contributed by atoms with van der Waals surface area (Å²) in [5.41, 5.74) is 2.47. The van der Waals surface area contributed by atoms with Crippen LogP contribution in [0.3, 0.4) is 0 Å². The Morgan fingerprint density at radius 2 is 2.07 bits per heavy atom. The van der Waals surface area contributed by atoms with Crippen molar-refractivity contribution in [3.05, 3.63) is 35.4 Å². The molecule has 3 heteroatoms. The van der Waals surface area contributed by atoms with Crippen molar-refractivity contribution in [3.8, 4) is 0 Å². The van der Waals surface area contributed by atoms with Crippen molar-refractivity contribution in [2.24, 2.45) is 0 Å². The summed E-state index contributed by atoms with van der Waals surface area (Å²) >= 11 is 0. The van der Waals surface area contributed by atoms with Crippen LogP contribution in [-0.2, 0) is 11.3 Å². The van der Waals surface area contributed by atoms with Gasteiger partial charge < -0.3 is 10.6 Å². The van der Waals surface area contributed by atoms with Gasteiger partial charge in [0.1, 0.15) is 0 Å². The Balaban J connectivity index is 2.50. The summed E-state index contributed by atoms with van der Waals surface area (Å²) in [5, 5.41) is 5.79. The van der Waals surface area contributed by atoms with Crippen molar-refractivity contribution >= 4 is 5.91 Å². The minimum Gasteiger partial charge on any atom is -0.358 e. The Morgan fingerprint density at radius 3 is 2.67 bits per heavy atom. The zero-order valence-electron chi connectivity index (χ0n) is 9.50. The molecule has 2 N–H and O–H groups in total. The van der Waals surface area contributed by atoms with Crippen LogP contribution in [0, 0.1) is 6.92 Å². The number of likely N-dealkylation sites (N-methyl/N-ethyl adjacent to an activating group) is 1. The van der Waals surface area contributed by atoms with Crippen LogP contribution in [0.5, 0.6) is 0 Å². The van der Waals surface area contributed by atoms with Gasteiger partial charge in [0, 0.05) is 13.6 Å². The second-order valence-corrected chi connectivity index (χ2v) is 3.64. The van der Waals surface area contributed by atoms with E-state index < -0.39 is 0 Å². The molecule has 1 aromatic carbocycles. The Labute approximate surface area is 90.9 Å². The highest BCUT2D eigenvalue weighted by molar-refractivity contribution is 5.80. The van der Waals surface area contributed by atoms with E-state index in [0.717, 1.165) is 6.54 Å². The number of benzene rings is 1. The summed E-state index contributed by atoms with van der Waals surface area (Å²) in [6.07, 6.45) is 0. The van der Waals surface area contributed by atoms with Gasteiger partial charge in [0.05, 0.1) is 6.04 Å². The molecule has 0 spiro atoms. The fourth-order valence-corrected chi connectivity index (χ4v) is 1.38. The fourth-order valence-electron chi connectivity index (χ4n) is 1.38. The van der Waals surface area contributed by atoms with E-state index in [1.807, 2.05) is 19.1 Å². The highest BCUT2D eigenvalue weighted by atomic mass is 16.2. The molecule has 1 unspecified atom stereocenters. The van der Waals surface area contributed by atoms with Gasteiger partial charge in [0.15, 0.2) is 0 Å². The maximum Gasteiger partial charge on any atom is 0.236 e. The van der Waals surface area contributed by atoms with Gasteiger partial charge in [0.25, 0.3) is 0 Å². The van der Waals surface area contributed by atoms with Gasteiger partial charge >= 0.3 is 0 Å². The molecule has 1 atom stereocenters. The largest absolute Gasteiger partial charge is 0.358 e.